The molecule has 0 bridgehead atoms. The summed E-state index contributed by atoms with van der Waals surface area (Å²) >= 11 is 4.25. The van der Waals surface area contributed by atoms with Gasteiger partial charge < -0.3 is 4.90 Å². The van der Waals surface area contributed by atoms with E-state index in [2.05, 4.69) is 39.6 Å². The Bertz CT molecular complexity index is 262. The number of aryl methyl sites for hydroxylation is 1. The van der Waals surface area contributed by atoms with E-state index < -0.39 is 0 Å². The van der Waals surface area contributed by atoms with E-state index >= 15 is 0 Å². The van der Waals surface area contributed by atoms with Gasteiger partial charge in [0.05, 0.1) is 0 Å². The monoisotopic (exact) mass is 335 g/mol. The predicted octanol–water partition coefficient (Wildman–Crippen LogP) is 2.98. The first-order valence-electron chi connectivity index (χ1n) is 4.89. The summed E-state index contributed by atoms with van der Waals surface area (Å²) < 4.78 is 0. The zero-order chi connectivity index (χ0) is 13.0. The van der Waals surface area contributed by atoms with E-state index in [1.165, 1.54) is 26.8 Å². The maximum atomic E-state index is 9.43. The van der Waals surface area contributed by atoms with E-state index in [1.54, 1.807) is 14.1 Å². The molecule has 0 aliphatic heterocycles. The molecule has 86 valence electrons. The van der Waals surface area contributed by atoms with Crippen molar-refractivity contribution >= 4 is 20.0 Å². The number of halogens is 1. The van der Waals surface area contributed by atoms with Crippen LogP contribution in [0, 0.1) is 6.92 Å². The fourth-order valence-corrected chi connectivity index (χ4v) is 0.775. The number of benzene rings is 1. The minimum atomic E-state index is 0.750. The van der Waals surface area contributed by atoms with Gasteiger partial charge in [-0.15, -0.1) is 12.1 Å². The molecule has 0 N–H and O–H groups in total. The van der Waals surface area contributed by atoms with Gasteiger partial charge in [0.25, 0.3) is 0 Å². The first-order chi connectivity index (χ1) is 7.60. The minimum absolute atomic E-state index is 0.750. The summed E-state index contributed by atoms with van der Waals surface area (Å²) in [6.07, 6.45) is 1.86. The quantitative estimate of drug-likeness (QED) is 0.461. The van der Waals surface area contributed by atoms with Crippen molar-refractivity contribution in [2.24, 2.45) is 0 Å². The molecule has 0 spiro atoms. The van der Waals surface area contributed by atoms with Crippen molar-refractivity contribution in [2.45, 2.75) is 13.3 Å². The number of hydrogen-bond donors (Lipinski definition) is 0. The zero-order valence-electron chi connectivity index (χ0n) is 10.2. The van der Waals surface area contributed by atoms with Crippen LogP contribution in [-0.4, -0.2) is 25.4 Å². The second kappa shape index (κ2) is 12.7. The molecule has 1 aromatic rings. The van der Waals surface area contributed by atoms with Crippen LogP contribution in [0.2, 0.25) is 0 Å². The fourth-order valence-electron chi connectivity index (χ4n) is 0.775. The molecule has 0 fully saturated rings. The Morgan fingerprint density at radius 1 is 1.31 bits per heavy atom. The molecule has 0 aliphatic carbocycles. The van der Waals surface area contributed by atoms with Gasteiger partial charge in [0.1, 0.15) is 0 Å². The molecule has 0 atom stereocenters. The Balaban J connectivity index is 0. The van der Waals surface area contributed by atoms with Crippen LogP contribution < -0.4 is 0 Å². The summed E-state index contributed by atoms with van der Waals surface area (Å²) in [6, 6.07) is 8.31. The molecule has 2 nitrogen and oxygen atoms in total. The maximum absolute atomic E-state index is 9.43. The fraction of sp³-hybridized carbons (Fsp3) is 0.333. The number of rotatable bonds is 2. The molecule has 0 heterocycles. The SMILES string of the molecule is CN(C)C=O.[CH2-]c1ccc(CC)cc1.[Zn+][Br]. The molecule has 16 heavy (non-hydrogen) atoms. The summed E-state index contributed by atoms with van der Waals surface area (Å²) in [7, 11) is 3.38. The third-order valence-electron chi connectivity index (χ3n) is 1.64. The molecule has 0 radical (unpaired) electrons. The van der Waals surface area contributed by atoms with Gasteiger partial charge in [-0.3, -0.25) is 4.79 Å². The van der Waals surface area contributed by atoms with Crippen molar-refractivity contribution in [1.29, 1.82) is 0 Å². The number of carbonyl (C=O) groups excluding carboxylic acids is 1. The summed E-state index contributed by atoms with van der Waals surface area (Å²) in [5.74, 6) is 0. The standard InChI is InChI=1S/C9H11.C3H7NO.BrH.Zn/c1-3-9-6-4-8(2)5-7-9;1-4(2)3-5;;/h4-7H,2-3H2,1H3;3H,1-2H3;1H;/q-1;;;+2/p-1. The van der Waals surface area contributed by atoms with Crippen LogP contribution in [0.5, 0.6) is 0 Å². The van der Waals surface area contributed by atoms with Crippen LogP contribution in [0.4, 0.5) is 0 Å². The Kier molecular flexibility index (Phi) is 14.4. The van der Waals surface area contributed by atoms with Gasteiger partial charge in [-0.2, -0.15) is 24.6 Å². The van der Waals surface area contributed by atoms with Crippen molar-refractivity contribution in [3.05, 3.63) is 42.3 Å². The number of nitrogens with zero attached hydrogens (tertiary/aromatic N) is 1. The molecule has 0 aromatic heterocycles. The Hall–Kier alpha value is -0.337. The van der Waals surface area contributed by atoms with Crippen LogP contribution in [0.25, 0.3) is 0 Å². The first kappa shape index (κ1) is 18.0. The van der Waals surface area contributed by atoms with Crippen molar-refractivity contribution in [1.82, 2.24) is 4.90 Å². The second-order valence-electron chi connectivity index (χ2n) is 3.24. The van der Waals surface area contributed by atoms with E-state index in [1.807, 2.05) is 12.1 Å². The molecule has 0 unspecified atom stereocenters. The zero-order valence-corrected chi connectivity index (χ0v) is 14.8. The molecule has 0 saturated carbocycles. The number of hydrogen-bond acceptors (Lipinski definition) is 1. The number of carbonyl (C=O) groups is 1. The Morgan fingerprint density at radius 2 is 1.69 bits per heavy atom. The summed E-state index contributed by atoms with van der Waals surface area (Å²) in [4.78, 5) is 10.9. The Labute approximate surface area is 115 Å². The van der Waals surface area contributed by atoms with Gasteiger partial charge in [0.2, 0.25) is 6.41 Å². The molecule has 0 saturated heterocycles. The van der Waals surface area contributed by atoms with E-state index in [0.717, 1.165) is 18.4 Å². The normalized spacial score (nSPS) is 7.88. The van der Waals surface area contributed by atoms with Crippen molar-refractivity contribution < 1.29 is 21.1 Å². The average molecular weight is 338 g/mol. The van der Waals surface area contributed by atoms with Crippen LogP contribution in [0.15, 0.2) is 24.3 Å². The van der Waals surface area contributed by atoms with Crippen LogP contribution in [0.3, 0.4) is 0 Å². The number of amides is 1. The molecule has 1 amide bonds. The second-order valence-corrected chi connectivity index (χ2v) is 3.24. The predicted molar refractivity (Wildman–Crippen MR) is 69.0 cm³/mol. The molecule has 4 heteroatoms. The van der Waals surface area contributed by atoms with Gasteiger partial charge in [0.15, 0.2) is 0 Å². The van der Waals surface area contributed by atoms with Gasteiger partial charge in [0, 0.05) is 14.1 Å². The third-order valence-corrected chi connectivity index (χ3v) is 1.64. The summed E-state index contributed by atoms with van der Waals surface area (Å²) in [5, 5.41) is 0. The van der Waals surface area contributed by atoms with Gasteiger partial charge in [-0.05, 0) is 6.42 Å². The molecular formula is C12H18BrNOZn. The summed E-state index contributed by atoms with van der Waals surface area (Å²) in [5.41, 5.74) is 2.47. The van der Waals surface area contributed by atoms with Gasteiger partial charge in [-0.25, -0.2) is 0 Å². The molecule has 0 aliphatic rings. The third kappa shape index (κ3) is 11.7. The van der Waals surface area contributed by atoms with Crippen LogP contribution in [0.1, 0.15) is 18.1 Å². The van der Waals surface area contributed by atoms with Gasteiger partial charge >= 0.3 is 30.0 Å². The van der Waals surface area contributed by atoms with Crippen LogP contribution in [-0.2, 0) is 27.6 Å². The molecular weight excluding hydrogens is 319 g/mol. The molecule has 1 aromatic carbocycles. The first-order valence-corrected chi connectivity index (χ1v) is 11.8. The van der Waals surface area contributed by atoms with Crippen molar-refractivity contribution in [2.75, 3.05) is 14.1 Å². The average Bonchev–Trinajstić information content (AvgIpc) is 2.33. The summed E-state index contributed by atoms with van der Waals surface area (Å²) in [6.45, 7) is 5.95. The molecule has 1 rings (SSSR count). The van der Waals surface area contributed by atoms with E-state index in [9.17, 15) is 4.79 Å². The van der Waals surface area contributed by atoms with Crippen LogP contribution >= 0.6 is 13.6 Å². The Morgan fingerprint density at radius 3 is 1.94 bits per heavy atom. The van der Waals surface area contributed by atoms with Crippen molar-refractivity contribution in [3.8, 4) is 0 Å². The van der Waals surface area contributed by atoms with E-state index in [-0.39, 0.29) is 0 Å². The van der Waals surface area contributed by atoms with E-state index in [4.69, 9.17) is 0 Å². The van der Waals surface area contributed by atoms with Gasteiger partial charge in [-0.1, -0.05) is 12.5 Å². The van der Waals surface area contributed by atoms with Crippen molar-refractivity contribution in [3.63, 3.8) is 0 Å². The van der Waals surface area contributed by atoms with E-state index in [0.29, 0.717) is 0 Å². The topological polar surface area (TPSA) is 20.3 Å².